The molecule has 1 unspecified atom stereocenters. The number of ketones is 1. The van der Waals surface area contributed by atoms with E-state index in [1.54, 1.807) is 52.0 Å². The summed E-state index contributed by atoms with van der Waals surface area (Å²) in [6.07, 6.45) is -1.63. The lowest BCUT2D eigenvalue weighted by Crippen LogP contribution is -2.73. The van der Waals surface area contributed by atoms with Gasteiger partial charge in [0.25, 0.3) is 0 Å². The number of aryl methyl sites for hydroxylation is 1. The molecule has 9 nitrogen and oxygen atoms in total. The van der Waals surface area contributed by atoms with E-state index < -0.39 is 50.8 Å². The van der Waals surface area contributed by atoms with Gasteiger partial charge in [0.15, 0.2) is 17.2 Å². The first-order valence-corrected chi connectivity index (χ1v) is 14.7. The van der Waals surface area contributed by atoms with Crippen molar-refractivity contribution in [2.24, 2.45) is 29.1 Å². The third-order valence-electron chi connectivity index (χ3n) is 10.6. The molecule has 0 radical (unpaired) electrons. The van der Waals surface area contributed by atoms with Gasteiger partial charge in [-0.2, -0.15) is 4.31 Å². The third kappa shape index (κ3) is 2.41. The average Bonchev–Trinajstić information content (AvgIpc) is 3.40. The standard InChI is InChI=1S/C27H33NO8S/c1-12-6-8-13(9-7-12)37(31,32)28-16(11-33-24(28,2)3)21(29)27-22(35-25(4,5)36-27)20-17-14-10-15-18(19(14)34-20)26(15,17)23(27)30/h6-9,14-22,29H,10-11H2,1-5H3/t14-,15-,16+,17+,18-,19+,20-,21?,22+,26-,27+/m1/s1. The van der Waals surface area contributed by atoms with Crippen molar-refractivity contribution in [1.29, 1.82) is 0 Å². The highest BCUT2D eigenvalue weighted by molar-refractivity contribution is 7.89. The summed E-state index contributed by atoms with van der Waals surface area (Å²) in [6.45, 7) is 8.61. The van der Waals surface area contributed by atoms with Crippen molar-refractivity contribution in [3.8, 4) is 0 Å². The van der Waals surface area contributed by atoms with Crippen LogP contribution in [0.25, 0.3) is 0 Å². The molecule has 11 atom stereocenters. The Bertz CT molecular complexity index is 1340. The Morgan fingerprint density at radius 2 is 1.78 bits per heavy atom. The molecule has 5 aliphatic carbocycles. The monoisotopic (exact) mass is 531 g/mol. The van der Waals surface area contributed by atoms with E-state index in [2.05, 4.69) is 0 Å². The van der Waals surface area contributed by atoms with Gasteiger partial charge in [-0.25, -0.2) is 8.42 Å². The molecule has 8 fully saturated rings. The fourth-order valence-electron chi connectivity index (χ4n) is 9.61. The number of aliphatic hydroxyl groups excluding tert-OH is 1. The van der Waals surface area contributed by atoms with Gasteiger partial charge >= 0.3 is 0 Å². The normalized spacial score (nSPS) is 50.5. The molecular formula is C27H33NO8S. The maximum Gasteiger partial charge on any atom is 0.245 e. The summed E-state index contributed by atoms with van der Waals surface area (Å²) in [5, 5.41) is 12.2. The molecule has 1 aromatic rings. The topological polar surface area (TPSA) is 112 Å². The average molecular weight is 532 g/mol. The van der Waals surface area contributed by atoms with Gasteiger partial charge in [-0.15, -0.1) is 0 Å². The van der Waals surface area contributed by atoms with Crippen LogP contribution in [0.4, 0.5) is 0 Å². The van der Waals surface area contributed by atoms with Crippen molar-refractivity contribution in [2.45, 2.75) is 93.5 Å². The van der Waals surface area contributed by atoms with E-state index in [0.29, 0.717) is 5.92 Å². The number of nitrogens with zero attached hydrogens (tertiary/aromatic N) is 1. The van der Waals surface area contributed by atoms with Crippen LogP contribution in [0.5, 0.6) is 0 Å². The van der Waals surface area contributed by atoms with Crippen LogP contribution >= 0.6 is 0 Å². The van der Waals surface area contributed by atoms with Crippen molar-refractivity contribution < 1.29 is 37.3 Å². The Kier molecular flexibility index (Phi) is 4.12. The van der Waals surface area contributed by atoms with Crippen LogP contribution in [0.2, 0.25) is 0 Å². The molecule has 1 N–H and O–H groups in total. The Hall–Kier alpha value is -1.40. The highest BCUT2D eigenvalue weighted by Gasteiger charge is 2.96. The summed E-state index contributed by atoms with van der Waals surface area (Å²) in [5.74, 6) is -0.388. The number of carbonyl (C=O) groups is 1. The number of aliphatic hydroxyl groups is 1. The van der Waals surface area contributed by atoms with Crippen LogP contribution in [0, 0.1) is 36.0 Å². The van der Waals surface area contributed by atoms with E-state index in [9.17, 15) is 18.3 Å². The lowest BCUT2D eigenvalue weighted by Gasteiger charge is -2.50. The predicted octanol–water partition coefficient (Wildman–Crippen LogP) is 1.60. The van der Waals surface area contributed by atoms with Gasteiger partial charge < -0.3 is 24.1 Å². The van der Waals surface area contributed by atoms with E-state index in [4.69, 9.17) is 18.9 Å². The Balaban J connectivity index is 1.25. The molecule has 0 aromatic heterocycles. The van der Waals surface area contributed by atoms with E-state index in [0.717, 1.165) is 12.0 Å². The van der Waals surface area contributed by atoms with Crippen LogP contribution < -0.4 is 0 Å². The quantitative estimate of drug-likeness (QED) is 0.624. The molecule has 9 rings (SSSR count). The number of ether oxygens (including phenoxy) is 4. The zero-order chi connectivity index (χ0) is 26.1. The van der Waals surface area contributed by atoms with E-state index >= 15 is 0 Å². The summed E-state index contributed by atoms with van der Waals surface area (Å²) >= 11 is 0. The van der Waals surface area contributed by atoms with Gasteiger partial charge in [-0.3, -0.25) is 4.79 Å². The van der Waals surface area contributed by atoms with Crippen LogP contribution in [-0.2, 0) is 33.8 Å². The molecular weight excluding hydrogens is 498 g/mol. The molecule has 6 bridgehead atoms. The number of rotatable bonds is 4. The number of hydrogen-bond acceptors (Lipinski definition) is 8. The molecule has 1 aromatic carbocycles. The second-order valence-electron chi connectivity index (χ2n) is 13.1. The summed E-state index contributed by atoms with van der Waals surface area (Å²) in [6, 6.07) is 5.53. The molecule has 3 heterocycles. The fourth-order valence-corrected chi connectivity index (χ4v) is 11.5. The Morgan fingerprint density at radius 3 is 2.46 bits per heavy atom. The second kappa shape index (κ2) is 6.49. The molecule has 8 aliphatic rings. The van der Waals surface area contributed by atoms with Gasteiger partial charge in [0.1, 0.15) is 17.9 Å². The predicted molar refractivity (Wildman–Crippen MR) is 127 cm³/mol. The smallest absolute Gasteiger partial charge is 0.245 e. The van der Waals surface area contributed by atoms with Gasteiger partial charge in [0, 0.05) is 17.3 Å². The highest BCUT2D eigenvalue weighted by atomic mass is 32.2. The van der Waals surface area contributed by atoms with Crippen molar-refractivity contribution in [1.82, 2.24) is 4.31 Å². The first kappa shape index (κ1) is 23.5. The molecule has 5 saturated carbocycles. The van der Waals surface area contributed by atoms with Gasteiger partial charge in [-0.05, 0) is 65.0 Å². The van der Waals surface area contributed by atoms with Crippen molar-refractivity contribution in [3.63, 3.8) is 0 Å². The summed E-state index contributed by atoms with van der Waals surface area (Å²) in [5.41, 5.74) is -2.60. The highest BCUT2D eigenvalue weighted by Crippen LogP contribution is 2.88. The minimum Gasteiger partial charge on any atom is -0.388 e. The van der Waals surface area contributed by atoms with E-state index in [1.165, 1.54) is 4.31 Å². The summed E-state index contributed by atoms with van der Waals surface area (Å²) in [7, 11) is -4.09. The van der Waals surface area contributed by atoms with Crippen LogP contribution in [0.3, 0.4) is 0 Å². The number of fused-ring (bicyclic) bond motifs is 2. The molecule has 1 spiro atoms. The Morgan fingerprint density at radius 1 is 1.08 bits per heavy atom. The molecule has 10 heteroatoms. The van der Waals surface area contributed by atoms with Crippen LogP contribution in [0.15, 0.2) is 29.2 Å². The zero-order valence-corrected chi connectivity index (χ0v) is 22.4. The molecule has 37 heavy (non-hydrogen) atoms. The number of carbonyl (C=O) groups excluding carboxylic acids is 1. The SMILES string of the molecule is Cc1ccc(S(=O)(=O)N2[C@H](C(O)[C@]34OC(C)(C)O[C@H]3[C@@H]3O[C@H]5[C@@H]6C[C@@H]7[C@H]5[C@]7(C4=O)[C@@H]63)COC2(C)C)cc1. The minimum absolute atomic E-state index is 0.0785. The summed E-state index contributed by atoms with van der Waals surface area (Å²) in [4.78, 5) is 14.8. The van der Waals surface area contributed by atoms with Crippen LogP contribution in [-0.4, -0.2) is 77.8 Å². The van der Waals surface area contributed by atoms with E-state index in [-0.39, 0.29) is 47.2 Å². The largest absolute Gasteiger partial charge is 0.388 e. The number of sulfonamides is 1. The number of benzene rings is 1. The minimum atomic E-state index is -4.09. The number of hydrogen-bond donors (Lipinski definition) is 1. The lowest BCUT2D eigenvalue weighted by atomic mass is 9.63. The van der Waals surface area contributed by atoms with E-state index in [1.807, 2.05) is 6.92 Å². The first-order chi connectivity index (χ1) is 17.3. The summed E-state index contributed by atoms with van der Waals surface area (Å²) < 4.78 is 54.5. The van der Waals surface area contributed by atoms with Crippen LogP contribution in [0.1, 0.15) is 39.7 Å². The van der Waals surface area contributed by atoms with Crippen molar-refractivity contribution in [2.75, 3.05) is 6.61 Å². The number of Topliss-reactive ketones (excluding diaryl/α,β-unsaturated/α-hetero) is 1. The third-order valence-corrected chi connectivity index (χ3v) is 12.7. The maximum absolute atomic E-state index is 14.7. The zero-order valence-electron chi connectivity index (χ0n) is 21.6. The lowest BCUT2D eigenvalue weighted by molar-refractivity contribution is -0.207. The first-order valence-electron chi connectivity index (χ1n) is 13.3. The molecule has 0 amide bonds. The van der Waals surface area contributed by atoms with Gasteiger partial charge in [0.2, 0.25) is 10.0 Å². The van der Waals surface area contributed by atoms with Gasteiger partial charge in [0.05, 0.1) is 29.8 Å². The maximum atomic E-state index is 14.7. The fraction of sp³-hybridized carbons (Fsp3) is 0.741. The van der Waals surface area contributed by atoms with Gasteiger partial charge in [-0.1, -0.05) is 17.7 Å². The molecule has 3 aliphatic heterocycles. The molecule has 3 saturated heterocycles. The Labute approximate surface area is 216 Å². The molecule has 200 valence electrons. The van der Waals surface area contributed by atoms with Crippen molar-refractivity contribution in [3.05, 3.63) is 29.8 Å². The van der Waals surface area contributed by atoms with Crippen molar-refractivity contribution >= 4 is 15.8 Å². The second-order valence-corrected chi connectivity index (χ2v) is 14.9.